The average molecular weight is 496 g/mol. The first kappa shape index (κ1) is 24.5. The van der Waals surface area contributed by atoms with Crippen LogP contribution in [0.2, 0.25) is 0 Å². The Morgan fingerprint density at radius 1 is 1.15 bits per heavy atom. The number of hydrogen-bond donors (Lipinski definition) is 4. The number of anilines is 1. The van der Waals surface area contributed by atoms with Crippen molar-refractivity contribution < 1.29 is 28.5 Å². The lowest BCUT2D eigenvalue weighted by Crippen LogP contribution is -2.39. The molecule has 0 aliphatic heterocycles. The van der Waals surface area contributed by atoms with Crippen molar-refractivity contribution in [1.29, 1.82) is 0 Å². The van der Waals surface area contributed by atoms with Crippen LogP contribution in [0.3, 0.4) is 0 Å². The summed E-state index contributed by atoms with van der Waals surface area (Å²) in [5.74, 6) is -0.933. The Kier molecular flexibility index (Phi) is 6.36. The number of aryl methyl sites for hydroxylation is 1. The van der Waals surface area contributed by atoms with Crippen LogP contribution in [0, 0.1) is 12.8 Å². The summed E-state index contributed by atoms with van der Waals surface area (Å²) in [6.07, 6.45) is -7.00. The third kappa shape index (κ3) is 5.04. The van der Waals surface area contributed by atoms with E-state index >= 15 is 0 Å². The number of aromatic nitrogens is 3. The number of nitrogens with zero attached hydrogens (tertiary/aromatic N) is 4. The van der Waals surface area contributed by atoms with Crippen LogP contribution in [0.4, 0.5) is 24.9 Å². The van der Waals surface area contributed by atoms with Crippen LogP contribution >= 0.6 is 11.3 Å². The molecule has 1 fully saturated rings. The van der Waals surface area contributed by atoms with Crippen LogP contribution in [-0.2, 0) is 0 Å². The van der Waals surface area contributed by atoms with Gasteiger partial charge in [0.1, 0.15) is 17.7 Å². The zero-order valence-electron chi connectivity index (χ0n) is 18.6. The molecule has 0 bridgehead atoms. The fourth-order valence-corrected chi connectivity index (χ4v) is 4.98. The molecule has 0 saturated heterocycles. The molecule has 2 aromatic heterocycles. The molecule has 182 valence electrons. The van der Waals surface area contributed by atoms with E-state index < -0.39 is 36.4 Å². The maximum atomic E-state index is 12.7. The van der Waals surface area contributed by atoms with E-state index in [1.54, 1.807) is 6.92 Å². The molecule has 3 aromatic rings. The van der Waals surface area contributed by atoms with Gasteiger partial charge < -0.3 is 20.6 Å². The first-order valence-corrected chi connectivity index (χ1v) is 11.4. The molecule has 0 spiro atoms. The maximum Gasteiger partial charge on any atom is 0.405 e. The highest BCUT2D eigenvalue weighted by Crippen LogP contribution is 2.39. The summed E-state index contributed by atoms with van der Waals surface area (Å²) in [7, 11) is 0. The first-order valence-electron chi connectivity index (χ1n) is 10.5. The summed E-state index contributed by atoms with van der Waals surface area (Å²) in [6.45, 7) is 3.34. The number of hydrogen-bond acceptors (Lipinski definition) is 9. The third-order valence-corrected chi connectivity index (χ3v) is 6.74. The minimum atomic E-state index is -4.47. The standard InChI is InChI=1S/C22H24F3N5O3S/c1-10-15(19-29-12-6-4-5-7-14(12)34-19)18(30-20(27-10)26-9-22(23,24)25)28-13-8-11(21(2,3)33)16(31)17(13)32/h4-7,11,16-17,31-33H,8-9H2,1-3H3,(H,26,27,30)/t11-,16+,17-/m0/s1. The number of aliphatic imine (C=N–C) groups is 1. The van der Waals surface area contributed by atoms with Crippen LogP contribution < -0.4 is 5.32 Å². The monoisotopic (exact) mass is 495 g/mol. The Morgan fingerprint density at radius 2 is 1.85 bits per heavy atom. The second-order valence-corrected chi connectivity index (χ2v) is 9.82. The van der Waals surface area contributed by atoms with E-state index in [1.807, 2.05) is 24.3 Å². The fourth-order valence-electron chi connectivity index (χ4n) is 3.93. The van der Waals surface area contributed by atoms with E-state index in [4.69, 9.17) is 0 Å². The van der Waals surface area contributed by atoms with E-state index in [0.29, 0.717) is 16.3 Å². The highest BCUT2D eigenvalue weighted by atomic mass is 32.1. The minimum absolute atomic E-state index is 0.0221. The minimum Gasteiger partial charge on any atom is -0.390 e. The van der Waals surface area contributed by atoms with Crippen molar-refractivity contribution in [3.05, 3.63) is 30.0 Å². The molecule has 4 rings (SSSR count). The lowest BCUT2D eigenvalue weighted by molar-refractivity contribution is -0.115. The number of aliphatic hydroxyl groups is 3. The quantitative estimate of drug-likeness (QED) is 0.426. The van der Waals surface area contributed by atoms with Crippen LogP contribution in [0.5, 0.6) is 0 Å². The largest absolute Gasteiger partial charge is 0.405 e. The van der Waals surface area contributed by atoms with Gasteiger partial charge >= 0.3 is 6.18 Å². The number of rotatable bonds is 5. The first-order chi connectivity index (χ1) is 15.8. The number of alkyl halides is 3. The number of nitrogens with one attached hydrogen (secondary N) is 1. The topological polar surface area (TPSA) is 124 Å². The van der Waals surface area contributed by atoms with E-state index in [9.17, 15) is 28.5 Å². The summed E-state index contributed by atoms with van der Waals surface area (Å²) in [5.41, 5.74) is 0.388. The highest BCUT2D eigenvalue weighted by Gasteiger charge is 2.45. The molecular weight excluding hydrogens is 471 g/mol. The van der Waals surface area contributed by atoms with Gasteiger partial charge in [-0.15, -0.1) is 11.3 Å². The lowest BCUT2D eigenvalue weighted by atomic mass is 9.88. The molecule has 12 heteroatoms. The predicted molar refractivity (Wildman–Crippen MR) is 123 cm³/mol. The molecule has 1 aromatic carbocycles. The van der Waals surface area contributed by atoms with Gasteiger partial charge in [0.15, 0.2) is 5.82 Å². The molecule has 4 N–H and O–H groups in total. The van der Waals surface area contributed by atoms with E-state index in [-0.39, 0.29) is 23.9 Å². The Hall–Kier alpha value is -2.67. The van der Waals surface area contributed by atoms with Gasteiger partial charge in [-0.2, -0.15) is 18.2 Å². The lowest BCUT2D eigenvalue weighted by Gasteiger charge is -2.28. The predicted octanol–water partition coefficient (Wildman–Crippen LogP) is 3.62. The zero-order valence-corrected chi connectivity index (χ0v) is 19.4. The van der Waals surface area contributed by atoms with Gasteiger partial charge in [0.2, 0.25) is 5.95 Å². The number of aliphatic hydroxyl groups excluding tert-OH is 2. The van der Waals surface area contributed by atoms with Crippen LogP contribution in [0.15, 0.2) is 29.3 Å². The Labute approximate surface area is 197 Å². The third-order valence-electron chi connectivity index (χ3n) is 5.69. The second kappa shape index (κ2) is 8.84. The Morgan fingerprint density at radius 3 is 2.47 bits per heavy atom. The summed E-state index contributed by atoms with van der Waals surface area (Å²) in [5, 5.41) is 34.0. The summed E-state index contributed by atoms with van der Waals surface area (Å²) >= 11 is 1.35. The maximum absolute atomic E-state index is 12.7. The van der Waals surface area contributed by atoms with Crippen LogP contribution in [0.25, 0.3) is 20.8 Å². The molecule has 8 nitrogen and oxygen atoms in total. The van der Waals surface area contributed by atoms with Crippen molar-refractivity contribution in [1.82, 2.24) is 15.0 Å². The molecule has 0 unspecified atom stereocenters. The second-order valence-electron chi connectivity index (χ2n) is 8.79. The Bertz CT molecular complexity index is 1210. The smallest absolute Gasteiger partial charge is 0.390 e. The summed E-state index contributed by atoms with van der Waals surface area (Å²) < 4.78 is 39.1. The number of halogens is 3. The fraction of sp³-hybridized carbons (Fsp3) is 0.455. The van der Waals surface area contributed by atoms with Crippen molar-refractivity contribution >= 4 is 39.0 Å². The highest BCUT2D eigenvalue weighted by molar-refractivity contribution is 7.21. The molecule has 34 heavy (non-hydrogen) atoms. The van der Waals surface area contributed by atoms with Crippen LogP contribution in [0.1, 0.15) is 26.0 Å². The number of fused-ring (bicyclic) bond motifs is 1. The van der Waals surface area contributed by atoms with Crippen molar-refractivity contribution in [2.24, 2.45) is 10.9 Å². The van der Waals surface area contributed by atoms with Gasteiger partial charge in [0, 0.05) is 5.92 Å². The van der Waals surface area contributed by atoms with E-state index in [0.717, 1.165) is 10.2 Å². The van der Waals surface area contributed by atoms with Gasteiger partial charge in [-0.05, 0) is 39.3 Å². The molecule has 0 radical (unpaired) electrons. The van der Waals surface area contributed by atoms with Crippen molar-refractivity contribution in [3.8, 4) is 10.6 Å². The van der Waals surface area contributed by atoms with Gasteiger partial charge in [0.25, 0.3) is 0 Å². The SMILES string of the molecule is Cc1nc(NCC(F)(F)F)nc(N=C2C[C@H](C(C)(C)O)[C@@H](O)[C@H]2O)c1-c1nc2ccccc2s1. The zero-order chi connectivity index (χ0) is 24.8. The summed E-state index contributed by atoms with van der Waals surface area (Å²) in [4.78, 5) is 17.4. The van der Waals surface area contributed by atoms with E-state index in [1.165, 1.54) is 25.2 Å². The molecule has 3 atom stereocenters. The number of thiazole rings is 1. The van der Waals surface area contributed by atoms with Crippen LogP contribution in [-0.4, -0.2) is 66.5 Å². The number of para-hydroxylation sites is 1. The normalized spacial score (nSPS) is 22.6. The van der Waals surface area contributed by atoms with E-state index in [2.05, 4.69) is 25.3 Å². The molecule has 2 heterocycles. The van der Waals surface area contributed by atoms with Gasteiger partial charge in [-0.3, -0.25) is 0 Å². The van der Waals surface area contributed by atoms with Gasteiger partial charge in [-0.25, -0.2) is 15.0 Å². The molecular formula is C22H24F3N5O3S. The van der Waals surface area contributed by atoms with Gasteiger partial charge in [0.05, 0.1) is 38.9 Å². The molecule has 0 amide bonds. The number of benzene rings is 1. The average Bonchev–Trinajstić information content (AvgIpc) is 3.27. The summed E-state index contributed by atoms with van der Waals surface area (Å²) in [6, 6.07) is 7.43. The Balaban J connectivity index is 1.83. The molecule has 1 saturated carbocycles. The van der Waals surface area contributed by atoms with Gasteiger partial charge in [-0.1, -0.05) is 12.1 Å². The van der Waals surface area contributed by atoms with Crippen molar-refractivity contribution in [3.63, 3.8) is 0 Å². The van der Waals surface area contributed by atoms with Crippen molar-refractivity contribution in [2.45, 2.75) is 51.2 Å². The van der Waals surface area contributed by atoms with Crippen molar-refractivity contribution in [2.75, 3.05) is 11.9 Å². The molecule has 1 aliphatic carbocycles. The molecule has 1 aliphatic rings.